The molecule has 0 aliphatic carbocycles. The Bertz CT molecular complexity index is 1360. The first-order valence-corrected chi connectivity index (χ1v) is 13.3. The summed E-state index contributed by atoms with van der Waals surface area (Å²) in [6.45, 7) is 2.31. The van der Waals surface area contributed by atoms with E-state index in [0.717, 1.165) is 16.7 Å². The van der Waals surface area contributed by atoms with Crippen molar-refractivity contribution < 1.29 is 42.9 Å². The number of nitrogens with one attached hydrogen (secondary N) is 1. The predicted molar refractivity (Wildman–Crippen MR) is 145 cm³/mol. The summed E-state index contributed by atoms with van der Waals surface area (Å²) >= 11 is 0.741. The van der Waals surface area contributed by atoms with Crippen molar-refractivity contribution in [1.82, 2.24) is 9.80 Å². The molecule has 3 heterocycles. The Morgan fingerprint density at radius 1 is 1.00 bits per heavy atom. The number of nitrogens with zero attached hydrogens (tertiary/aromatic N) is 2. The third kappa shape index (κ3) is 6.32. The molecule has 0 spiro atoms. The van der Waals surface area contributed by atoms with E-state index >= 15 is 0 Å². The molecule has 13 heteroatoms. The van der Waals surface area contributed by atoms with Gasteiger partial charge in [0.25, 0.3) is 17.1 Å². The molecule has 0 atom stereocenters. The van der Waals surface area contributed by atoms with Crippen LogP contribution in [0.1, 0.15) is 5.56 Å². The van der Waals surface area contributed by atoms with Gasteiger partial charge in [0.1, 0.15) is 19.8 Å². The molecule has 5 rings (SSSR count). The first kappa shape index (κ1) is 27.3. The topological polar surface area (TPSA) is 133 Å². The van der Waals surface area contributed by atoms with E-state index in [1.165, 1.54) is 13.2 Å². The van der Waals surface area contributed by atoms with Crippen LogP contribution >= 0.6 is 11.8 Å². The van der Waals surface area contributed by atoms with Gasteiger partial charge in [0, 0.05) is 24.8 Å². The Balaban J connectivity index is 1.20. The molecule has 0 saturated carbocycles. The summed E-state index contributed by atoms with van der Waals surface area (Å²) in [7, 11) is 1.46. The number of carbonyl (C=O) groups is 4. The molecule has 2 aromatic rings. The largest absolute Gasteiger partial charge is 0.493 e. The minimum absolute atomic E-state index is 0.150. The zero-order valence-corrected chi connectivity index (χ0v) is 22.5. The number of amides is 4. The molecule has 3 aliphatic rings. The Kier molecular flexibility index (Phi) is 8.41. The molecule has 40 heavy (non-hydrogen) atoms. The van der Waals surface area contributed by atoms with E-state index in [-0.39, 0.29) is 17.4 Å². The van der Waals surface area contributed by atoms with Gasteiger partial charge < -0.3 is 33.9 Å². The fourth-order valence-corrected chi connectivity index (χ4v) is 5.03. The monoisotopic (exact) mass is 569 g/mol. The minimum atomic E-state index is -0.581. The number of anilines is 1. The second-order valence-corrected chi connectivity index (χ2v) is 9.86. The van der Waals surface area contributed by atoms with Crippen molar-refractivity contribution in [2.24, 2.45) is 0 Å². The van der Waals surface area contributed by atoms with Crippen LogP contribution in [0.2, 0.25) is 0 Å². The quantitative estimate of drug-likeness (QED) is 0.473. The number of imide groups is 1. The second-order valence-electron chi connectivity index (χ2n) is 8.87. The van der Waals surface area contributed by atoms with Crippen molar-refractivity contribution in [3.63, 3.8) is 0 Å². The zero-order valence-electron chi connectivity index (χ0n) is 21.7. The molecule has 1 N–H and O–H groups in total. The molecule has 0 bridgehead atoms. The lowest BCUT2D eigenvalue weighted by Crippen LogP contribution is -2.43. The lowest BCUT2D eigenvalue weighted by atomic mass is 10.2. The van der Waals surface area contributed by atoms with Gasteiger partial charge in [0.2, 0.25) is 5.91 Å². The van der Waals surface area contributed by atoms with Gasteiger partial charge in [-0.25, -0.2) is 0 Å². The lowest BCUT2D eigenvalue weighted by Gasteiger charge is -2.26. The molecule has 2 saturated heterocycles. The molecule has 4 amide bonds. The predicted octanol–water partition coefficient (Wildman–Crippen LogP) is 2.38. The lowest BCUT2D eigenvalue weighted by molar-refractivity contribution is -0.137. The van der Waals surface area contributed by atoms with E-state index in [9.17, 15) is 19.2 Å². The number of hydrogen-bond donors (Lipinski definition) is 1. The number of morpholine rings is 1. The summed E-state index contributed by atoms with van der Waals surface area (Å²) in [5.41, 5.74) is 1.03. The number of carbonyl (C=O) groups excluding carboxylic acids is 4. The van der Waals surface area contributed by atoms with Gasteiger partial charge in [0.15, 0.2) is 29.6 Å². The highest BCUT2D eigenvalue weighted by Crippen LogP contribution is 2.35. The third-order valence-corrected chi connectivity index (χ3v) is 7.11. The maximum atomic E-state index is 12.9. The van der Waals surface area contributed by atoms with Crippen molar-refractivity contribution in [1.29, 1.82) is 0 Å². The summed E-state index contributed by atoms with van der Waals surface area (Å²) < 4.78 is 27.3. The van der Waals surface area contributed by atoms with E-state index in [1.54, 1.807) is 41.3 Å². The van der Waals surface area contributed by atoms with Crippen LogP contribution in [0.4, 0.5) is 10.5 Å². The van der Waals surface area contributed by atoms with Crippen LogP contribution in [-0.2, 0) is 19.1 Å². The molecule has 12 nitrogen and oxygen atoms in total. The Morgan fingerprint density at radius 3 is 2.55 bits per heavy atom. The number of benzene rings is 2. The Morgan fingerprint density at radius 2 is 1.77 bits per heavy atom. The maximum absolute atomic E-state index is 12.9. The van der Waals surface area contributed by atoms with Gasteiger partial charge >= 0.3 is 0 Å². The van der Waals surface area contributed by atoms with Crippen molar-refractivity contribution >= 4 is 46.5 Å². The SMILES string of the molecule is COc1cc(/C=C2\SC(=O)N(CC(=O)Nc3ccc4c(c3)OCCO4)C2=O)ccc1OCC(=O)N1CCOCC1. The fourth-order valence-electron chi connectivity index (χ4n) is 4.19. The zero-order chi connectivity index (χ0) is 28.1. The van der Waals surface area contributed by atoms with Crippen LogP contribution in [0.25, 0.3) is 6.08 Å². The van der Waals surface area contributed by atoms with E-state index in [2.05, 4.69) is 5.32 Å². The van der Waals surface area contributed by atoms with Gasteiger partial charge in [-0.1, -0.05) is 6.07 Å². The van der Waals surface area contributed by atoms with Gasteiger partial charge in [-0.15, -0.1) is 0 Å². The van der Waals surface area contributed by atoms with Crippen LogP contribution < -0.4 is 24.3 Å². The molecule has 0 unspecified atom stereocenters. The summed E-state index contributed by atoms with van der Waals surface area (Å²) in [5.74, 6) is 0.553. The van der Waals surface area contributed by atoms with Crippen molar-refractivity contribution in [2.45, 2.75) is 0 Å². The van der Waals surface area contributed by atoms with Gasteiger partial charge in [-0.3, -0.25) is 24.1 Å². The molecular weight excluding hydrogens is 542 g/mol. The smallest absolute Gasteiger partial charge is 0.294 e. The summed E-state index contributed by atoms with van der Waals surface area (Å²) in [6, 6.07) is 9.90. The van der Waals surface area contributed by atoms with Gasteiger partial charge in [-0.2, -0.15) is 0 Å². The Labute approximate surface area is 234 Å². The number of methoxy groups -OCH3 is 1. The highest BCUT2D eigenvalue weighted by molar-refractivity contribution is 8.18. The molecule has 2 fully saturated rings. The molecule has 210 valence electrons. The number of rotatable bonds is 8. The normalized spacial score (nSPS) is 17.7. The molecular formula is C27H27N3O9S. The summed E-state index contributed by atoms with van der Waals surface area (Å²) in [6.07, 6.45) is 1.54. The molecule has 0 aromatic heterocycles. The van der Waals surface area contributed by atoms with Gasteiger partial charge in [-0.05, 0) is 47.7 Å². The first-order valence-electron chi connectivity index (χ1n) is 12.5. The second kappa shape index (κ2) is 12.3. The van der Waals surface area contributed by atoms with Crippen molar-refractivity contribution in [3.05, 3.63) is 46.9 Å². The molecule has 3 aliphatic heterocycles. The fraction of sp³-hybridized carbons (Fsp3) is 0.333. The van der Waals surface area contributed by atoms with Gasteiger partial charge in [0.05, 0.1) is 25.2 Å². The van der Waals surface area contributed by atoms with Crippen LogP contribution in [0.3, 0.4) is 0 Å². The van der Waals surface area contributed by atoms with Crippen LogP contribution in [-0.4, -0.2) is 92.5 Å². The van der Waals surface area contributed by atoms with E-state index < -0.39 is 23.6 Å². The highest BCUT2D eigenvalue weighted by Gasteiger charge is 2.36. The highest BCUT2D eigenvalue weighted by atomic mass is 32.2. The number of thioether (sulfide) groups is 1. The van der Waals surface area contributed by atoms with E-state index in [1.807, 2.05) is 0 Å². The van der Waals surface area contributed by atoms with Crippen LogP contribution in [0, 0.1) is 0 Å². The van der Waals surface area contributed by atoms with Crippen LogP contribution in [0.15, 0.2) is 41.3 Å². The van der Waals surface area contributed by atoms with E-state index in [0.29, 0.717) is 73.8 Å². The Hall–Kier alpha value is -4.23. The standard InChI is InChI=1S/C27H27N3O9S/c1-35-21-12-17(2-4-19(21)39-16-25(32)29-6-8-36-9-7-29)13-23-26(33)30(27(34)40-23)15-24(31)28-18-3-5-20-22(14-18)38-11-10-37-20/h2-5,12-14H,6-11,15-16H2,1H3,(H,28,31)/b23-13-. The number of fused-ring (bicyclic) bond motifs is 1. The molecule has 0 radical (unpaired) electrons. The summed E-state index contributed by atoms with van der Waals surface area (Å²) in [5, 5.41) is 2.12. The molecule has 2 aromatic carbocycles. The van der Waals surface area contributed by atoms with Crippen molar-refractivity contribution in [3.8, 4) is 23.0 Å². The first-order chi connectivity index (χ1) is 19.4. The van der Waals surface area contributed by atoms with Crippen LogP contribution in [0.5, 0.6) is 23.0 Å². The van der Waals surface area contributed by atoms with E-state index in [4.69, 9.17) is 23.7 Å². The minimum Gasteiger partial charge on any atom is -0.493 e. The van der Waals surface area contributed by atoms with Crippen molar-refractivity contribution in [2.75, 3.05) is 65.1 Å². The number of hydrogen-bond acceptors (Lipinski definition) is 10. The number of ether oxygens (including phenoxy) is 5. The average molecular weight is 570 g/mol. The third-order valence-electron chi connectivity index (χ3n) is 6.20. The average Bonchev–Trinajstić information content (AvgIpc) is 3.23. The maximum Gasteiger partial charge on any atom is 0.294 e. The summed E-state index contributed by atoms with van der Waals surface area (Å²) in [4.78, 5) is 53.2.